The zero-order valence-electron chi connectivity index (χ0n) is 14.3. The maximum Gasteiger partial charge on any atom is 0.416 e. The molecule has 1 unspecified atom stereocenters. The van der Waals surface area contributed by atoms with E-state index in [2.05, 4.69) is 10.0 Å². The Balaban J connectivity index is 1.88. The fourth-order valence-electron chi connectivity index (χ4n) is 2.72. The van der Waals surface area contributed by atoms with Gasteiger partial charge in [-0.05, 0) is 31.5 Å². The van der Waals surface area contributed by atoms with E-state index >= 15 is 0 Å². The molecule has 0 bridgehead atoms. The number of nitrogens with one attached hydrogen (secondary N) is 2. The number of benzene rings is 1. The van der Waals surface area contributed by atoms with Gasteiger partial charge in [-0.25, -0.2) is 13.1 Å². The van der Waals surface area contributed by atoms with E-state index < -0.39 is 26.7 Å². The van der Waals surface area contributed by atoms with Crippen molar-refractivity contribution in [3.05, 3.63) is 29.8 Å². The maximum absolute atomic E-state index is 12.7. The number of nitrogens with zero attached hydrogens (tertiary/aromatic N) is 1. The second-order valence-corrected chi connectivity index (χ2v) is 7.93. The summed E-state index contributed by atoms with van der Waals surface area (Å²) in [5.41, 5.74) is -1.02. The number of sulfonamides is 1. The zero-order chi connectivity index (χ0) is 19.4. The summed E-state index contributed by atoms with van der Waals surface area (Å²) in [6.07, 6.45) is -4.17. The van der Waals surface area contributed by atoms with Crippen molar-refractivity contribution in [2.45, 2.75) is 36.9 Å². The van der Waals surface area contributed by atoms with Crippen LogP contribution in [0.1, 0.15) is 25.3 Å². The first-order chi connectivity index (χ1) is 12.1. The fourth-order valence-corrected chi connectivity index (χ4v) is 3.84. The summed E-state index contributed by atoms with van der Waals surface area (Å²) in [6.45, 7) is 3.95. The predicted molar refractivity (Wildman–Crippen MR) is 89.9 cm³/mol. The van der Waals surface area contributed by atoms with E-state index in [4.69, 9.17) is 0 Å². The molecule has 1 aliphatic heterocycles. The van der Waals surface area contributed by atoms with Crippen LogP contribution < -0.4 is 10.0 Å². The van der Waals surface area contributed by atoms with Crippen molar-refractivity contribution in [3.63, 3.8) is 0 Å². The van der Waals surface area contributed by atoms with Gasteiger partial charge >= 0.3 is 6.18 Å². The average molecular weight is 393 g/mol. The van der Waals surface area contributed by atoms with Gasteiger partial charge in [-0.1, -0.05) is 6.07 Å². The molecular weight excluding hydrogens is 371 g/mol. The Morgan fingerprint density at radius 3 is 2.77 bits per heavy atom. The number of halogens is 3. The molecule has 0 aromatic heterocycles. The number of alkyl halides is 3. The van der Waals surface area contributed by atoms with E-state index in [1.807, 2.05) is 6.92 Å². The second-order valence-electron chi connectivity index (χ2n) is 6.17. The summed E-state index contributed by atoms with van der Waals surface area (Å²) < 4.78 is 64.6. The van der Waals surface area contributed by atoms with Gasteiger partial charge in [0.05, 0.1) is 10.5 Å². The van der Waals surface area contributed by atoms with Crippen molar-refractivity contribution in [2.24, 2.45) is 0 Å². The van der Waals surface area contributed by atoms with Gasteiger partial charge in [-0.15, -0.1) is 0 Å². The van der Waals surface area contributed by atoms with Crippen LogP contribution in [0.3, 0.4) is 0 Å². The van der Waals surface area contributed by atoms with Crippen LogP contribution in [0.2, 0.25) is 0 Å². The van der Waals surface area contributed by atoms with Crippen LogP contribution >= 0.6 is 0 Å². The molecule has 1 saturated heterocycles. The van der Waals surface area contributed by atoms with Crippen molar-refractivity contribution >= 4 is 15.9 Å². The van der Waals surface area contributed by atoms with E-state index in [1.165, 1.54) is 0 Å². The van der Waals surface area contributed by atoms with Gasteiger partial charge < -0.3 is 10.2 Å². The highest BCUT2D eigenvalue weighted by molar-refractivity contribution is 7.89. The molecule has 2 N–H and O–H groups in total. The largest absolute Gasteiger partial charge is 0.416 e. The minimum absolute atomic E-state index is 0.0230. The number of amides is 1. The Bertz CT molecular complexity index is 738. The Hall–Kier alpha value is -1.65. The third-order valence-corrected chi connectivity index (χ3v) is 5.61. The van der Waals surface area contributed by atoms with Gasteiger partial charge in [0.1, 0.15) is 0 Å². The monoisotopic (exact) mass is 393 g/mol. The molecule has 1 atom stereocenters. The highest BCUT2D eigenvalue weighted by atomic mass is 32.2. The third kappa shape index (κ3) is 5.42. The highest BCUT2D eigenvalue weighted by Gasteiger charge is 2.31. The lowest BCUT2D eigenvalue weighted by Crippen LogP contribution is -2.52. The summed E-state index contributed by atoms with van der Waals surface area (Å²) in [5.74, 6) is -0.0581. The van der Waals surface area contributed by atoms with Crippen molar-refractivity contribution < 1.29 is 26.4 Å². The highest BCUT2D eigenvalue weighted by Crippen LogP contribution is 2.30. The summed E-state index contributed by atoms with van der Waals surface area (Å²) in [4.78, 5) is 13.5. The molecule has 2 rings (SSSR count). The summed E-state index contributed by atoms with van der Waals surface area (Å²) in [7, 11) is -4.06. The van der Waals surface area contributed by atoms with Crippen LogP contribution in [0.15, 0.2) is 29.2 Å². The van der Waals surface area contributed by atoms with E-state index in [0.29, 0.717) is 19.2 Å². The van der Waals surface area contributed by atoms with Crippen molar-refractivity contribution in [3.8, 4) is 0 Å². The minimum Gasteiger partial charge on any atom is -0.337 e. The van der Waals surface area contributed by atoms with Crippen molar-refractivity contribution in [1.29, 1.82) is 0 Å². The molecule has 146 valence electrons. The number of hydrogen-bond donors (Lipinski definition) is 2. The topological polar surface area (TPSA) is 78.5 Å². The van der Waals surface area contributed by atoms with E-state index in [0.717, 1.165) is 24.7 Å². The Morgan fingerprint density at radius 1 is 1.38 bits per heavy atom. The predicted octanol–water partition coefficient (Wildman–Crippen LogP) is 1.58. The normalized spacial score (nSPS) is 18.8. The van der Waals surface area contributed by atoms with Crippen LogP contribution in [0.5, 0.6) is 0 Å². The molecule has 1 amide bonds. The lowest BCUT2D eigenvalue weighted by Gasteiger charge is -2.34. The van der Waals surface area contributed by atoms with Crippen LogP contribution in [0.4, 0.5) is 13.2 Å². The van der Waals surface area contributed by atoms with Crippen LogP contribution in [0, 0.1) is 0 Å². The Labute approximate surface area is 150 Å². The van der Waals surface area contributed by atoms with Crippen molar-refractivity contribution in [1.82, 2.24) is 14.9 Å². The van der Waals surface area contributed by atoms with Gasteiger partial charge in [0.15, 0.2) is 0 Å². The molecule has 6 nitrogen and oxygen atoms in total. The minimum atomic E-state index is -4.61. The Kier molecular flexibility index (Phi) is 6.64. The van der Waals surface area contributed by atoms with Gasteiger partial charge in [-0.2, -0.15) is 13.2 Å². The molecule has 1 aromatic rings. The quantitative estimate of drug-likeness (QED) is 0.720. The Morgan fingerprint density at radius 2 is 2.12 bits per heavy atom. The van der Waals surface area contributed by atoms with E-state index in [-0.39, 0.29) is 31.3 Å². The fraction of sp³-hybridized carbons (Fsp3) is 0.562. The molecule has 1 heterocycles. The molecule has 1 aromatic carbocycles. The standard InChI is InChI=1S/C16H22F3N3O3S/c1-12-11-20-8-9-22(12)15(23)6-3-7-21-26(24,25)14-5-2-4-13(10-14)16(17,18)19/h2,4-5,10,12,20-21H,3,6-9,11H2,1H3. The lowest BCUT2D eigenvalue weighted by atomic mass is 10.2. The molecule has 26 heavy (non-hydrogen) atoms. The molecule has 1 fully saturated rings. The van der Waals surface area contributed by atoms with Crippen molar-refractivity contribution in [2.75, 3.05) is 26.2 Å². The van der Waals surface area contributed by atoms with Crippen LogP contribution in [-0.2, 0) is 21.0 Å². The number of carbonyl (C=O) groups excluding carboxylic acids is 1. The molecular formula is C16H22F3N3O3S. The van der Waals surface area contributed by atoms with Gasteiger partial charge in [0, 0.05) is 38.6 Å². The first kappa shape index (κ1) is 20.7. The zero-order valence-corrected chi connectivity index (χ0v) is 15.2. The summed E-state index contributed by atoms with van der Waals surface area (Å²) in [5, 5.41) is 3.17. The van der Waals surface area contributed by atoms with Crippen LogP contribution in [0.25, 0.3) is 0 Å². The molecule has 10 heteroatoms. The smallest absolute Gasteiger partial charge is 0.337 e. The number of rotatable bonds is 6. The van der Waals surface area contributed by atoms with Gasteiger partial charge in [0.25, 0.3) is 0 Å². The molecule has 0 aliphatic carbocycles. The van der Waals surface area contributed by atoms with Gasteiger partial charge in [0.2, 0.25) is 15.9 Å². The van der Waals surface area contributed by atoms with E-state index in [9.17, 15) is 26.4 Å². The number of carbonyl (C=O) groups is 1. The third-order valence-electron chi connectivity index (χ3n) is 4.15. The first-order valence-corrected chi connectivity index (χ1v) is 9.77. The lowest BCUT2D eigenvalue weighted by molar-refractivity contribution is -0.137. The SMILES string of the molecule is CC1CNCCN1C(=O)CCCNS(=O)(=O)c1cccc(C(F)(F)F)c1. The average Bonchev–Trinajstić information content (AvgIpc) is 2.58. The maximum atomic E-state index is 12.7. The molecule has 1 aliphatic rings. The molecule has 0 saturated carbocycles. The van der Waals surface area contributed by atoms with E-state index in [1.54, 1.807) is 4.90 Å². The number of hydrogen-bond acceptors (Lipinski definition) is 4. The molecule has 0 radical (unpaired) electrons. The second kappa shape index (κ2) is 8.36. The van der Waals surface area contributed by atoms with Crippen LogP contribution in [-0.4, -0.2) is 51.4 Å². The molecule has 0 spiro atoms. The summed E-state index contributed by atoms with van der Waals surface area (Å²) in [6, 6.07) is 3.64. The first-order valence-electron chi connectivity index (χ1n) is 8.28. The van der Waals surface area contributed by atoms with Gasteiger partial charge in [-0.3, -0.25) is 4.79 Å². The number of piperazine rings is 1. The summed E-state index contributed by atoms with van der Waals surface area (Å²) >= 11 is 0.